The van der Waals surface area contributed by atoms with Crippen molar-refractivity contribution in [3.63, 3.8) is 0 Å². The van der Waals surface area contributed by atoms with Crippen molar-refractivity contribution in [3.8, 4) is 0 Å². The van der Waals surface area contributed by atoms with Crippen LogP contribution in [-0.2, 0) is 16.2 Å². The smallest absolute Gasteiger partial charge is 0.321 e. The van der Waals surface area contributed by atoms with Crippen LogP contribution < -0.4 is 5.73 Å². The molecule has 0 saturated carbocycles. The van der Waals surface area contributed by atoms with Crippen LogP contribution in [0.25, 0.3) is 0 Å². The van der Waals surface area contributed by atoms with Gasteiger partial charge in [0.25, 0.3) is 11.4 Å². The number of aliphatic carboxylic acids is 1. The van der Waals surface area contributed by atoms with Crippen LogP contribution in [0.1, 0.15) is 0 Å². The van der Waals surface area contributed by atoms with Gasteiger partial charge in [0, 0.05) is 5.75 Å². The van der Waals surface area contributed by atoms with Crippen molar-refractivity contribution in [2.75, 3.05) is 5.75 Å². The molecule has 0 aromatic carbocycles. The van der Waals surface area contributed by atoms with Gasteiger partial charge in [0.2, 0.25) is 0 Å². The van der Waals surface area contributed by atoms with Crippen LogP contribution in [0.3, 0.4) is 0 Å². The number of nitrogens with two attached hydrogens (primary N) is 1. The van der Waals surface area contributed by atoms with E-state index in [1.807, 2.05) is 0 Å². The van der Waals surface area contributed by atoms with Crippen molar-refractivity contribution in [3.05, 3.63) is 0 Å². The minimum atomic E-state index is -2.61. The van der Waals surface area contributed by atoms with E-state index in [-0.39, 0.29) is 5.75 Å². The lowest BCUT2D eigenvalue weighted by molar-refractivity contribution is -0.137. The van der Waals surface area contributed by atoms with Crippen LogP contribution in [0, 0.1) is 0 Å². The minimum absolute atomic E-state index is 0.190. The monoisotopic (exact) mass is 203 g/mol. The SMILES string of the molecule is NC(CS)C(=O)O.O=S(O)O. The fourth-order valence-corrected chi connectivity index (χ4v) is 0.234. The average Bonchev–Trinajstić information content (AvgIpc) is 1.85. The molecule has 0 spiro atoms. The maximum atomic E-state index is 9.76. The molecular weight excluding hydrogens is 194 g/mol. The number of carbonyl (C=O) groups is 1. The number of carboxylic acid groups (broad SMARTS) is 1. The standard InChI is InChI=1S/C3H7NO2S.H2O3S/c4-2(1-7)3(5)6;1-4(2)3/h2,7H,1,4H2,(H,5,6);(H2,1,2,3). The highest BCUT2D eigenvalue weighted by molar-refractivity contribution is 7.80. The minimum Gasteiger partial charge on any atom is -0.480 e. The predicted molar refractivity (Wildman–Crippen MR) is 42.9 cm³/mol. The number of hydrogen-bond donors (Lipinski definition) is 5. The number of carboxylic acids is 1. The third-order valence-electron chi connectivity index (χ3n) is 0.514. The van der Waals surface area contributed by atoms with E-state index in [0.29, 0.717) is 0 Å². The summed E-state index contributed by atoms with van der Waals surface area (Å²) in [6, 6.07) is -0.816. The maximum Gasteiger partial charge on any atom is 0.321 e. The number of hydrogen-bond acceptors (Lipinski definition) is 4. The first-order chi connectivity index (χ1) is 4.91. The molecular formula is C3H9NO5S2. The van der Waals surface area contributed by atoms with Crippen molar-refractivity contribution in [1.82, 2.24) is 0 Å². The zero-order valence-electron chi connectivity index (χ0n) is 5.38. The summed E-state index contributed by atoms with van der Waals surface area (Å²) in [7, 11) is 0. The lowest BCUT2D eigenvalue weighted by Gasteiger charge is -1.96. The second kappa shape index (κ2) is 7.95. The molecule has 0 aromatic heterocycles. The predicted octanol–water partition coefficient (Wildman–Crippen LogP) is -0.991. The molecule has 0 rings (SSSR count). The summed E-state index contributed by atoms with van der Waals surface area (Å²) in [4.78, 5) is 9.76. The van der Waals surface area contributed by atoms with Gasteiger partial charge in [-0.25, -0.2) is 0 Å². The molecule has 68 valence electrons. The molecule has 0 aliphatic rings. The Morgan fingerprint density at radius 2 is 1.91 bits per heavy atom. The van der Waals surface area contributed by atoms with E-state index >= 15 is 0 Å². The van der Waals surface area contributed by atoms with Crippen molar-refractivity contribution >= 4 is 30.0 Å². The Bertz CT molecular complexity index is 136. The first-order valence-corrected chi connectivity index (χ1v) is 4.00. The van der Waals surface area contributed by atoms with Crippen LogP contribution >= 0.6 is 12.6 Å². The summed E-state index contributed by atoms with van der Waals surface area (Å²) in [5.41, 5.74) is 4.94. The van der Waals surface area contributed by atoms with Crippen molar-refractivity contribution in [1.29, 1.82) is 0 Å². The summed E-state index contributed by atoms with van der Waals surface area (Å²) in [6.07, 6.45) is 0. The molecule has 11 heavy (non-hydrogen) atoms. The Labute approximate surface area is 71.3 Å². The molecule has 0 aliphatic carbocycles. The van der Waals surface area contributed by atoms with Gasteiger partial charge in [-0.1, -0.05) is 0 Å². The Balaban J connectivity index is 0. The second-order valence-electron chi connectivity index (χ2n) is 1.36. The highest BCUT2D eigenvalue weighted by Gasteiger charge is 2.06. The van der Waals surface area contributed by atoms with Gasteiger partial charge in [0.15, 0.2) is 0 Å². The van der Waals surface area contributed by atoms with Crippen LogP contribution in [-0.4, -0.2) is 36.2 Å². The van der Waals surface area contributed by atoms with E-state index in [0.717, 1.165) is 0 Å². The molecule has 5 N–H and O–H groups in total. The van der Waals surface area contributed by atoms with E-state index in [1.54, 1.807) is 0 Å². The van der Waals surface area contributed by atoms with Gasteiger partial charge < -0.3 is 10.8 Å². The third-order valence-corrected chi connectivity index (χ3v) is 0.907. The van der Waals surface area contributed by atoms with Gasteiger partial charge in [-0.05, 0) is 0 Å². The quantitative estimate of drug-likeness (QED) is 0.290. The van der Waals surface area contributed by atoms with Gasteiger partial charge in [-0.3, -0.25) is 13.9 Å². The van der Waals surface area contributed by atoms with Gasteiger partial charge in [0.1, 0.15) is 6.04 Å². The molecule has 8 heteroatoms. The largest absolute Gasteiger partial charge is 0.480 e. The summed E-state index contributed by atoms with van der Waals surface area (Å²) >= 11 is 1.04. The van der Waals surface area contributed by atoms with Crippen LogP contribution in [0.15, 0.2) is 0 Å². The molecule has 1 atom stereocenters. The van der Waals surface area contributed by atoms with Crippen LogP contribution in [0.4, 0.5) is 0 Å². The first kappa shape index (κ1) is 13.4. The Kier molecular flexibility index (Phi) is 9.72. The lowest BCUT2D eigenvalue weighted by Crippen LogP contribution is -2.31. The van der Waals surface area contributed by atoms with Crippen molar-refractivity contribution < 1.29 is 23.2 Å². The topological polar surface area (TPSA) is 121 Å². The van der Waals surface area contributed by atoms with E-state index in [1.165, 1.54) is 0 Å². The van der Waals surface area contributed by atoms with E-state index in [2.05, 4.69) is 12.6 Å². The van der Waals surface area contributed by atoms with E-state index < -0.39 is 23.4 Å². The third kappa shape index (κ3) is 17.7. The molecule has 0 radical (unpaired) electrons. The summed E-state index contributed by atoms with van der Waals surface area (Å²) in [5, 5.41) is 8.01. The fraction of sp³-hybridized carbons (Fsp3) is 0.667. The molecule has 0 aromatic rings. The Morgan fingerprint density at radius 3 is 1.91 bits per heavy atom. The fourth-order valence-electron chi connectivity index (χ4n) is 0.0781. The van der Waals surface area contributed by atoms with Gasteiger partial charge in [0.05, 0.1) is 0 Å². The molecule has 6 nitrogen and oxygen atoms in total. The Hall–Kier alpha value is -0.150. The zero-order chi connectivity index (χ0) is 9.44. The first-order valence-electron chi connectivity index (χ1n) is 2.31. The molecule has 0 bridgehead atoms. The van der Waals surface area contributed by atoms with Crippen molar-refractivity contribution in [2.24, 2.45) is 5.73 Å². The van der Waals surface area contributed by atoms with Gasteiger partial charge in [-0.15, -0.1) is 0 Å². The Morgan fingerprint density at radius 1 is 1.64 bits per heavy atom. The normalized spacial score (nSPS) is 11.7. The summed E-state index contributed by atoms with van der Waals surface area (Å²) < 4.78 is 22.8. The lowest BCUT2D eigenvalue weighted by atomic mass is 10.4. The van der Waals surface area contributed by atoms with Gasteiger partial charge in [-0.2, -0.15) is 16.8 Å². The molecule has 0 aliphatic heterocycles. The van der Waals surface area contributed by atoms with Gasteiger partial charge >= 0.3 is 5.97 Å². The second-order valence-corrected chi connectivity index (χ2v) is 2.18. The maximum absolute atomic E-state index is 9.76. The summed E-state index contributed by atoms with van der Waals surface area (Å²) in [6.45, 7) is 0. The van der Waals surface area contributed by atoms with Crippen molar-refractivity contribution in [2.45, 2.75) is 6.04 Å². The summed E-state index contributed by atoms with van der Waals surface area (Å²) in [5.74, 6) is -0.815. The van der Waals surface area contributed by atoms with E-state index in [9.17, 15) is 4.79 Å². The van der Waals surface area contributed by atoms with Crippen LogP contribution in [0.2, 0.25) is 0 Å². The average molecular weight is 203 g/mol. The van der Waals surface area contributed by atoms with E-state index in [4.69, 9.17) is 24.2 Å². The molecule has 0 fully saturated rings. The molecule has 0 amide bonds. The molecule has 0 heterocycles. The highest BCUT2D eigenvalue weighted by atomic mass is 32.2. The number of thiol groups is 1. The highest BCUT2D eigenvalue weighted by Crippen LogP contribution is 1.80. The molecule has 1 unspecified atom stereocenters. The molecule has 0 saturated heterocycles. The zero-order valence-corrected chi connectivity index (χ0v) is 7.09. The van der Waals surface area contributed by atoms with Crippen LogP contribution in [0.5, 0.6) is 0 Å². The number of rotatable bonds is 2.